The number of aliphatic hydroxyl groups excluding tert-OH is 1. The molecule has 0 amide bonds. The Labute approximate surface area is 99.6 Å². The lowest BCUT2D eigenvalue weighted by molar-refractivity contribution is -0.115. The predicted molar refractivity (Wildman–Crippen MR) is 65.7 cm³/mol. The first-order valence-electron chi connectivity index (χ1n) is 5.62. The first-order chi connectivity index (χ1) is 7.65. The average Bonchev–Trinajstić information content (AvgIpc) is 2.74. The number of carbonyl (C=O) groups excluding carboxylic acids is 1. The van der Waals surface area contributed by atoms with Gasteiger partial charge in [-0.25, -0.2) is 0 Å². The highest BCUT2D eigenvalue weighted by Gasteiger charge is 2.21. The van der Waals surface area contributed by atoms with Gasteiger partial charge in [-0.3, -0.25) is 4.79 Å². The SMILES string of the molecule is Cc1ccc(CCCC2=C[C@H](O)CC2=O)s1. The van der Waals surface area contributed by atoms with E-state index in [1.807, 2.05) is 11.3 Å². The molecule has 1 N–H and O–H groups in total. The molecule has 0 fully saturated rings. The van der Waals surface area contributed by atoms with Crippen molar-refractivity contribution >= 4 is 17.1 Å². The maximum Gasteiger partial charge on any atom is 0.161 e. The number of thiophene rings is 1. The fourth-order valence-corrected chi connectivity index (χ4v) is 2.93. The molecule has 0 bridgehead atoms. The second-order valence-corrected chi connectivity index (χ2v) is 5.62. The first kappa shape index (κ1) is 11.6. The summed E-state index contributed by atoms with van der Waals surface area (Å²) in [5, 5.41) is 9.29. The molecular weight excluding hydrogens is 220 g/mol. The summed E-state index contributed by atoms with van der Waals surface area (Å²) in [6.45, 7) is 2.10. The minimum Gasteiger partial charge on any atom is -0.389 e. The van der Waals surface area contributed by atoms with Crippen LogP contribution in [0.5, 0.6) is 0 Å². The van der Waals surface area contributed by atoms with Crippen LogP contribution in [0.4, 0.5) is 0 Å². The van der Waals surface area contributed by atoms with Gasteiger partial charge in [0.2, 0.25) is 0 Å². The number of carbonyl (C=O) groups is 1. The van der Waals surface area contributed by atoms with Crippen LogP contribution in [-0.2, 0) is 11.2 Å². The molecule has 2 rings (SSSR count). The quantitative estimate of drug-likeness (QED) is 0.872. The number of hydrogen-bond acceptors (Lipinski definition) is 3. The van der Waals surface area contributed by atoms with Gasteiger partial charge >= 0.3 is 0 Å². The van der Waals surface area contributed by atoms with Crippen molar-refractivity contribution in [3.8, 4) is 0 Å². The summed E-state index contributed by atoms with van der Waals surface area (Å²) in [6.07, 6.45) is 4.28. The Morgan fingerprint density at radius 3 is 2.81 bits per heavy atom. The third kappa shape index (κ3) is 2.80. The van der Waals surface area contributed by atoms with Gasteiger partial charge in [-0.15, -0.1) is 11.3 Å². The molecular formula is C13H16O2S. The van der Waals surface area contributed by atoms with E-state index < -0.39 is 6.10 Å². The van der Waals surface area contributed by atoms with Gasteiger partial charge in [0.05, 0.1) is 6.10 Å². The second kappa shape index (κ2) is 4.93. The van der Waals surface area contributed by atoms with Crippen LogP contribution < -0.4 is 0 Å². The average molecular weight is 236 g/mol. The monoisotopic (exact) mass is 236 g/mol. The van der Waals surface area contributed by atoms with Gasteiger partial charge in [0.1, 0.15) is 0 Å². The van der Waals surface area contributed by atoms with E-state index in [1.165, 1.54) is 9.75 Å². The lowest BCUT2D eigenvalue weighted by Gasteiger charge is -1.99. The smallest absolute Gasteiger partial charge is 0.161 e. The third-order valence-electron chi connectivity index (χ3n) is 2.81. The summed E-state index contributed by atoms with van der Waals surface area (Å²) >= 11 is 1.82. The van der Waals surface area contributed by atoms with Crippen molar-refractivity contribution < 1.29 is 9.90 Å². The van der Waals surface area contributed by atoms with Crippen molar-refractivity contribution in [3.63, 3.8) is 0 Å². The zero-order chi connectivity index (χ0) is 11.5. The first-order valence-corrected chi connectivity index (χ1v) is 6.44. The number of hydrogen-bond donors (Lipinski definition) is 1. The molecule has 16 heavy (non-hydrogen) atoms. The van der Waals surface area contributed by atoms with Crippen LogP contribution in [0.2, 0.25) is 0 Å². The van der Waals surface area contributed by atoms with Crippen LogP contribution in [0.1, 0.15) is 29.0 Å². The van der Waals surface area contributed by atoms with Gasteiger partial charge < -0.3 is 5.11 Å². The lowest BCUT2D eigenvalue weighted by Crippen LogP contribution is -2.01. The van der Waals surface area contributed by atoms with Gasteiger partial charge in [0, 0.05) is 16.2 Å². The molecule has 0 saturated heterocycles. The maximum atomic E-state index is 11.4. The van der Waals surface area contributed by atoms with E-state index in [2.05, 4.69) is 19.1 Å². The van der Waals surface area contributed by atoms with Crippen LogP contribution in [0, 0.1) is 6.92 Å². The van der Waals surface area contributed by atoms with Crippen molar-refractivity contribution in [3.05, 3.63) is 33.5 Å². The number of aliphatic hydroxyl groups is 1. The van der Waals surface area contributed by atoms with E-state index in [9.17, 15) is 9.90 Å². The summed E-state index contributed by atoms with van der Waals surface area (Å²) < 4.78 is 0. The molecule has 1 aromatic rings. The van der Waals surface area contributed by atoms with Crippen LogP contribution in [-0.4, -0.2) is 17.0 Å². The van der Waals surface area contributed by atoms with Crippen LogP contribution in [0.3, 0.4) is 0 Å². The summed E-state index contributed by atoms with van der Waals surface area (Å²) in [7, 11) is 0. The Morgan fingerprint density at radius 2 is 2.25 bits per heavy atom. The highest BCUT2D eigenvalue weighted by Crippen LogP contribution is 2.22. The van der Waals surface area contributed by atoms with E-state index >= 15 is 0 Å². The Morgan fingerprint density at radius 1 is 1.44 bits per heavy atom. The van der Waals surface area contributed by atoms with Crippen LogP contribution >= 0.6 is 11.3 Å². The van der Waals surface area contributed by atoms with E-state index in [4.69, 9.17) is 0 Å². The van der Waals surface area contributed by atoms with Gasteiger partial charge in [0.25, 0.3) is 0 Å². The zero-order valence-electron chi connectivity index (χ0n) is 9.40. The second-order valence-electron chi connectivity index (χ2n) is 4.25. The van der Waals surface area contributed by atoms with Crippen molar-refractivity contribution in [2.24, 2.45) is 0 Å². The summed E-state index contributed by atoms with van der Waals surface area (Å²) in [5.74, 6) is 0.120. The zero-order valence-corrected chi connectivity index (χ0v) is 10.2. The third-order valence-corrected chi connectivity index (χ3v) is 3.87. The molecule has 0 saturated carbocycles. The number of allylic oxidation sites excluding steroid dienone is 1. The molecule has 1 aliphatic rings. The topological polar surface area (TPSA) is 37.3 Å². The molecule has 1 atom stereocenters. The van der Waals surface area contributed by atoms with Crippen LogP contribution in [0.25, 0.3) is 0 Å². The fraction of sp³-hybridized carbons (Fsp3) is 0.462. The van der Waals surface area contributed by atoms with Crippen molar-refractivity contribution in [1.82, 2.24) is 0 Å². The molecule has 1 aromatic heterocycles. The number of ketones is 1. The largest absolute Gasteiger partial charge is 0.389 e. The van der Waals surface area contributed by atoms with Crippen molar-refractivity contribution in [2.45, 2.75) is 38.7 Å². The highest BCUT2D eigenvalue weighted by atomic mass is 32.1. The standard InChI is InChI=1S/C13H16O2S/c1-9-5-6-12(16-9)4-2-3-10-7-11(14)8-13(10)15/h5-7,11,14H,2-4,8H2,1H3/t11-/m0/s1. The highest BCUT2D eigenvalue weighted by molar-refractivity contribution is 7.11. The van der Waals surface area contributed by atoms with Crippen LogP contribution in [0.15, 0.2) is 23.8 Å². The van der Waals surface area contributed by atoms with Gasteiger partial charge in [-0.2, -0.15) is 0 Å². The fourth-order valence-electron chi connectivity index (χ4n) is 2.00. The maximum absolute atomic E-state index is 11.4. The summed E-state index contributed by atoms with van der Waals surface area (Å²) in [4.78, 5) is 14.1. The van der Waals surface area contributed by atoms with Gasteiger partial charge in [0.15, 0.2) is 5.78 Å². The van der Waals surface area contributed by atoms with Crippen molar-refractivity contribution in [2.75, 3.05) is 0 Å². The lowest BCUT2D eigenvalue weighted by atomic mass is 10.1. The number of aryl methyl sites for hydroxylation is 2. The molecule has 0 aliphatic heterocycles. The number of Topliss-reactive ketones (excluding diaryl/α,β-unsaturated/α-hetero) is 1. The molecule has 0 spiro atoms. The minimum absolute atomic E-state index is 0.120. The van der Waals surface area contributed by atoms with Crippen molar-refractivity contribution in [1.29, 1.82) is 0 Å². The van der Waals surface area contributed by atoms with Gasteiger partial charge in [-0.05, 0) is 50.0 Å². The Hall–Kier alpha value is -0.930. The molecule has 0 unspecified atom stereocenters. The summed E-state index contributed by atoms with van der Waals surface area (Å²) in [5.41, 5.74) is 0.820. The van der Waals surface area contributed by atoms with Gasteiger partial charge in [-0.1, -0.05) is 0 Å². The molecule has 1 heterocycles. The number of rotatable bonds is 4. The molecule has 86 valence electrons. The van der Waals surface area contributed by atoms with E-state index in [0.717, 1.165) is 24.8 Å². The molecule has 1 aliphatic carbocycles. The Kier molecular flexibility index (Phi) is 3.56. The van der Waals surface area contributed by atoms with E-state index in [1.54, 1.807) is 6.08 Å². The Balaban J connectivity index is 1.80. The Bertz CT molecular complexity index is 417. The molecule has 3 heteroatoms. The van der Waals surface area contributed by atoms with E-state index in [-0.39, 0.29) is 12.2 Å². The summed E-state index contributed by atoms with van der Waals surface area (Å²) in [6, 6.07) is 4.28. The molecule has 0 aromatic carbocycles. The predicted octanol–water partition coefficient (Wildman–Crippen LogP) is 2.64. The van der Waals surface area contributed by atoms with E-state index in [0.29, 0.717) is 0 Å². The molecule has 2 nitrogen and oxygen atoms in total. The molecule has 0 radical (unpaired) electrons. The minimum atomic E-state index is -0.536. The normalized spacial score (nSPS) is 20.2.